The standard InChI is InChI=1S/C23H36N6O2/c1-17(2)31-20-10-8-19(9-11-20)27-22(25-15-21(30)28-23(4,5)6)24-14-18(3)16-29-13-7-12-26-29/h7-13,17-18H,14-16H2,1-6H3,(H,28,30)(H2,24,25,27). The van der Waals surface area contributed by atoms with Crippen LogP contribution in [0.5, 0.6) is 5.75 Å². The molecule has 0 saturated heterocycles. The number of guanidine groups is 1. The lowest BCUT2D eigenvalue weighted by atomic mass is 10.1. The molecule has 1 aromatic carbocycles. The highest BCUT2D eigenvalue weighted by Crippen LogP contribution is 2.17. The molecule has 2 aromatic rings. The molecule has 0 radical (unpaired) electrons. The van der Waals surface area contributed by atoms with E-state index in [-0.39, 0.29) is 24.1 Å². The van der Waals surface area contributed by atoms with Crippen LogP contribution in [0.3, 0.4) is 0 Å². The largest absolute Gasteiger partial charge is 0.491 e. The van der Waals surface area contributed by atoms with Gasteiger partial charge in [-0.15, -0.1) is 0 Å². The number of carbonyl (C=O) groups is 1. The lowest BCUT2D eigenvalue weighted by Crippen LogP contribution is -2.42. The van der Waals surface area contributed by atoms with Crippen LogP contribution in [-0.4, -0.2) is 46.4 Å². The average Bonchev–Trinajstić information content (AvgIpc) is 3.16. The molecule has 1 aromatic heterocycles. The van der Waals surface area contributed by atoms with Crippen molar-refractivity contribution in [2.75, 3.05) is 18.4 Å². The van der Waals surface area contributed by atoms with Crippen LogP contribution in [0.15, 0.2) is 47.7 Å². The minimum atomic E-state index is -0.294. The Morgan fingerprint density at radius 2 is 1.90 bits per heavy atom. The number of hydrogen-bond donors (Lipinski definition) is 3. The Morgan fingerprint density at radius 3 is 2.48 bits per heavy atom. The number of anilines is 1. The zero-order valence-corrected chi connectivity index (χ0v) is 19.5. The molecular weight excluding hydrogens is 392 g/mol. The molecular formula is C23H36N6O2. The second-order valence-electron chi connectivity index (χ2n) is 8.99. The smallest absolute Gasteiger partial charge is 0.242 e. The van der Waals surface area contributed by atoms with Gasteiger partial charge in [0.2, 0.25) is 5.91 Å². The molecule has 0 fully saturated rings. The maximum Gasteiger partial charge on any atom is 0.242 e. The third-order valence-corrected chi connectivity index (χ3v) is 4.06. The Kier molecular flexibility index (Phi) is 8.90. The van der Waals surface area contributed by atoms with Crippen molar-refractivity contribution in [3.63, 3.8) is 0 Å². The molecule has 3 N–H and O–H groups in total. The van der Waals surface area contributed by atoms with Crippen LogP contribution in [0.4, 0.5) is 5.69 Å². The number of carbonyl (C=O) groups excluding carboxylic acids is 1. The third-order valence-electron chi connectivity index (χ3n) is 4.06. The van der Waals surface area contributed by atoms with Gasteiger partial charge >= 0.3 is 0 Å². The van der Waals surface area contributed by atoms with Crippen molar-refractivity contribution in [1.29, 1.82) is 0 Å². The summed E-state index contributed by atoms with van der Waals surface area (Å²) in [7, 11) is 0. The van der Waals surface area contributed by atoms with Gasteiger partial charge in [0.05, 0.1) is 6.10 Å². The van der Waals surface area contributed by atoms with Gasteiger partial charge in [-0.05, 0) is 70.9 Å². The highest BCUT2D eigenvalue weighted by atomic mass is 16.5. The van der Waals surface area contributed by atoms with Crippen LogP contribution in [-0.2, 0) is 11.3 Å². The first-order chi connectivity index (χ1) is 14.6. The highest BCUT2D eigenvalue weighted by molar-refractivity contribution is 5.95. The number of aromatic nitrogens is 2. The van der Waals surface area contributed by atoms with Gasteiger partial charge in [0.25, 0.3) is 0 Å². The number of ether oxygens (including phenoxy) is 1. The molecule has 1 amide bonds. The first-order valence-corrected chi connectivity index (χ1v) is 10.7. The number of aliphatic imine (C=N–C) groups is 1. The first kappa shape index (κ1) is 24.2. The Morgan fingerprint density at radius 1 is 1.19 bits per heavy atom. The van der Waals surface area contributed by atoms with Gasteiger partial charge in [-0.1, -0.05) is 6.92 Å². The van der Waals surface area contributed by atoms with E-state index in [1.54, 1.807) is 6.20 Å². The highest BCUT2D eigenvalue weighted by Gasteiger charge is 2.14. The predicted molar refractivity (Wildman–Crippen MR) is 125 cm³/mol. The fourth-order valence-corrected chi connectivity index (χ4v) is 2.84. The normalized spacial score (nSPS) is 13.1. The summed E-state index contributed by atoms with van der Waals surface area (Å²) in [5, 5.41) is 13.8. The second-order valence-corrected chi connectivity index (χ2v) is 8.99. The van der Waals surface area contributed by atoms with Crippen molar-refractivity contribution in [1.82, 2.24) is 20.4 Å². The number of hydrogen-bond acceptors (Lipinski definition) is 4. The number of nitrogens with zero attached hydrogens (tertiary/aromatic N) is 3. The van der Waals surface area contributed by atoms with E-state index in [1.807, 2.05) is 75.8 Å². The van der Waals surface area contributed by atoms with Gasteiger partial charge in [0.15, 0.2) is 5.96 Å². The number of amides is 1. The SMILES string of the molecule is CC(CNC(=NCC(=O)NC(C)(C)C)Nc1ccc(OC(C)C)cc1)Cn1cccn1. The van der Waals surface area contributed by atoms with Gasteiger partial charge < -0.3 is 20.7 Å². The van der Waals surface area contributed by atoms with Crippen molar-refractivity contribution in [2.45, 2.75) is 59.7 Å². The van der Waals surface area contributed by atoms with E-state index in [0.29, 0.717) is 18.4 Å². The summed E-state index contributed by atoms with van der Waals surface area (Å²) in [5.41, 5.74) is 0.566. The number of nitrogens with one attached hydrogen (secondary N) is 3. The average molecular weight is 429 g/mol. The first-order valence-electron chi connectivity index (χ1n) is 10.7. The van der Waals surface area contributed by atoms with E-state index in [4.69, 9.17) is 4.74 Å². The monoisotopic (exact) mass is 428 g/mol. The summed E-state index contributed by atoms with van der Waals surface area (Å²) < 4.78 is 7.60. The van der Waals surface area contributed by atoms with Gasteiger partial charge in [-0.2, -0.15) is 5.10 Å². The van der Waals surface area contributed by atoms with Crippen molar-refractivity contribution < 1.29 is 9.53 Å². The fourth-order valence-electron chi connectivity index (χ4n) is 2.84. The molecule has 1 atom stereocenters. The van der Waals surface area contributed by atoms with Crippen LogP contribution in [0.1, 0.15) is 41.5 Å². The lowest BCUT2D eigenvalue weighted by molar-refractivity contribution is -0.121. The van der Waals surface area contributed by atoms with Crippen molar-refractivity contribution in [3.8, 4) is 5.75 Å². The molecule has 0 saturated carbocycles. The maximum atomic E-state index is 12.2. The van der Waals surface area contributed by atoms with E-state index in [2.05, 4.69) is 33.0 Å². The predicted octanol–water partition coefficient (Wildman–Crippen LogP) is 3.28. The van der Waals surface area contributed by atoms with E-state index in [0.717, 1.165) is 18.0 Å². The molecule has 170 valence electrons. The van der Waals surface area contributed by atoms with Crippen molar-refractivity contribution >= 4 is 17.6 Å². The van der Waals surface area contributed by atoms with E-state index in [9.17, 15) is 4.79 Å². The Balaban J connectivity index is 2.01. The molecule has 31 heavy (non-hydrogen) atoms. The summed E-state index contributed by atoms with van der Waals surface area (Å²) in [4.78, 5) is 16.7. The van der Waals surface area contributed by atoms with Crippen LogP contribution in [0.25, 0.3) is 0 Å². The summed E-state index contributed by atoms with van der Waals surface area (Å²) in [6.45, 7) is 13.5. The Bertz CT molecular complexity index is 823. The molecule has 8 nitrogen and oxygen atoms in total. The molecule has 1 heterocycles. The Hall–Kier alpha value is -3.03. The van der Waals surface area contributed by atoms with Crippen LogP contribution in [0.2, 0.25) is 0 Å². The minimum Gasteiger partial charge on any atom is -0.491 e. The topological polar surface area (TPSA) is 92.6 Å². The summed E-state index contributed by atoms with van der Waals surface area (Å²) in [6.07, 6.45) is 3.84. The molecule has 0 aliphatic carbocycles. The molecule has 0 aliphatic heterocycles. The van der Waals surface area contributed by atoms with Crippen molar-refractivity contribution in [2.24, 2.45) is 10.9 Å². The maximum absolute atomic E-state index is 12.2. The van der Waals surface area contributed by atoms with Gasteiger partial charge in [-0.3, -0.25) is 9.48 Å². The summed E-state index contributed by atoms with van der Waals surface area (Å²) in [5.74, 6) is 1.55. The fraction of sp³-hybridized carbons (Fsp3) is 0.522. The van der Waals surface area contributed by atoms with Gasteiger partial charge in [0, 0.05) is 36.7 Å². The van der Waals surface area contributed by atoms with Crippen molar-refractivity contribution in [3.05, 3.63) is 42.7 Å². The lowest BCUT2D eigenvalue weighted by Gasteiger charge is -2.20. The number of rotatable bonds is 9. The van der Waals surface area contributed by atoms with E-state index < -0.39 is 0 Å². The van der Waals surface area contributed by atoms with Gasteiger partial charge in [0.1, 0.15) is 12.3 Å². The third kappa shape index (κ3) is 10.0. The van der Waals surface area contributed by atoms with Crippen LogP contribution < -0.4 is 20.7 Å². The zero-order valence-electron chi connectivity index (χ0n) is 19.5. The van der Waals surface area contributed by atoms with E-state index in [1.165, 1.54) is 0 Å². The number of benzene rings is 1. The molecule has 0 spiro atoms. The second kappa shape index (κ2) is 11.4. The van der Waals surface area contributed by atoms with Gasteiger partial charge in [-0.25, -0.2) is 4.99 Å². The van der Waals surface area contributed by atoms with E-state index >= 15 is 0 Å². The van der Waals surface area contributed by atoms with Crippen LogP contribution in [0, 0.1) is 5.92 Å². The summed E-state index contributed by atoms with van der Waals surface area (Å²) >= 11 is 0. The molecule has 8 heteroatoms. The molecule has 0 aliphatic rings. The zero-order chi connectivity index (χ0) is 22.9. The molecule has 1 unspecified atom stereocenters. The molecule has 2 rings (SSSR count). The van der Waals surface area contributed by atoms with Crippen LogP contribution >= 0.6 is 0 Å². The molecule has 0 bridgehead atoms. The summed E-state index contributed by atoms with van der Waals surface area (Å²) in [6, 6.07) is 9.59. The quantitative estimate of drug-likeness (QED) is 0.421. The minimum absolute atomic E-state index is 0.0364. The Labute approximate surface area is 185 Å².